The van der Waals surface area contributed by atoms with Crippen molar-refractivity contribution in [3.05, 3.63) is 54.1 Å². The average molecular weight is 569 g/mol. The Balaban J connectivity index is 1.41. The van der Waals surface area contributed by atoms with E-state index in [4.69, 9.17) is 0 Å². The Morgan fingerprint density at radius 2 is 1.98 bits per heavy atom. The van der Waals surface area contributed by atoms with E-state index >= 15 is 0 Å². The molecule has 2 aliphatic rings. The summed E-state index contributed by atoms with van der Waals surface area (Å²) < 4.78 is 38.0. The van der Waals surface area contributed by atoms with Crippen LogP contribution in [0.5, 0.6) is 0 Å². The number of pyridine rings is 1. The second-order valence-electron chi connectivity index (χ2n) is 11.7. The van der Waals surface area contributed by atoms with E-state index in [-0.39, 0.29) is 30.2 Å². The summed E-state index contributed by atoms with van der Waals surface area (Å²) in [4.78, 5) is 17.6. The zero-order chi connectivity index (χ0) is 28.8. The topological polar surface area (TPSA) is 112 Å². The first kappa shape index (κ1) is 28.2. The number of anilines is 4. The van der Waals surface area contributed by atoms with Gasteiger partial charge in [-0.15, -0.1) is 0 Å². The molecule has 0 aliphatic carbocycles. The predicted octanol–water partition coefficient (Wildman–Crippen LogP) is 4.58. The highest BCUT2D eigenvalue weighted by Crippen LogP contribution is 2.39. The van der Waals surface area contributed by atoms with Crippen molar-refractivity contribution in [2.75, 3.05) is 46.8 Å². The summed E-state index contributed by atoms with van der Waals surface area (Å²) in [5.41, 5.74) is 1.03. The van der Waals surface area contributed by atoms with E-state index in [2.05, 4.69) is 58.1 Å². The van der Waals surface area contributed by atoms with Crippen molar-refractivity contribution in [1.29, 1.82) is 0 Å². The van der Waals surface area contributed by atoms with Gasteiger partial charge in [-0.1, -0.05) is 19.9 Å². The van der Waals surface area contributed by atoms with Crippen LogP contribution in [0, 0.1) is 5.92 Å². The number of aromatic nitrogens is 3. The summed E-state index contributed by atoms with van der Waals surface area (Å²) in [6.07, 6.45) is 6.38. The van der Waals surface area contributed by atoms with Crippen molar-refractivity contribution in [2.45, 2.75) is 51.7 Å². The Labute approximate surface area is 235 Å². The number of halogens is 1. The standard InChI is InChI=1S/C29H37FN6O3S/c1-18(2)22-6-7-25(36-15-20(19(36)3)17-40(5,38)39)24-14-32-27(12-23(22)24)33-26-8-10-31-28(34-26)35-11-9-29(4,37)13-21(30)16-35/h6-8,10,12-14,18-20,37H,9,11,15-17H2,1-5H3,(H,31,32,33,34)/t19-,20-,29+/m1/s1. The third-order valence-electron chi connectivity index (χ3n) is 7.84. The smallest absolute Gasteiger partial charge is 0.227 e. The minimum atomic E-state index is -3.03. The zero-order valence-corrected chi connectivity index (χ0v) is 24.4. The zero-order valence-electron chi connectivity index (χ0n) is 23.6. The summed E-state index contributed by atoms with van der Waals surface area (Å²) in [7, 11) is -3.03. The largest absolute Gasteiger partial charge is 0.386 e. The monoisotopic (exact) mass is 568 g/mol. The summed E-state index contributed by atoms with van der Waals surface area (Å²) >= 11 is 0. The van der Waals surface area contributed by atoms with Crippen molar-refractivity contribution < 1.29 is 17.9 Å². The van der Waals surface area contributed by atoms with Crippen molar-refractivity contribution >= 4 is 43.9 Å². The van der Waals surface area contributed by atoms with Crippen LogP contribution in [-0.4, -0.2) is 71.8 Å². The number of nitrogens with one attached hydrogen (secondary N) is 1. The van der Waals surface area contributed by atoms with Gasteiger partial charge in [0.25, 0.3) is 0 Å². The van der Waals surface area contributed by atoms with Crippen LogP contribution in [0.25, 0.3) is 10.8 Å². The quantitative estimate of drug-likeness (QED) is 0.423. The van der Waals surface area contributed by atoms with Gasteiger partial charge >= 0.3 is 0 Å². The molecule has 0 bridgehead atoms. The SMILES string of the molecule is CC(C)c1ccc(N2C[C@H](CS(C)(=O)=O)[C@H]2C)c2cnc(Nc3ccnc(N4CC[C@](C)(O)C=C(F)C4)n3)cc12. The number of sulfone groups is 1. The molecule has 9 nitrogen and oxygen atoms in total. The molecule has 11 heteroatoms. The molecule has 0 amide bonds. The lowest BCUT2D eigenvalue weighted by molar-refractivity contribution is 0.104. The van der Waals surface area contributed by atoms with Crippen LogP contribution in [0.3, 0.4) is 0 Å². The van der Waals surface area contributed by atoms with E-state index in [0.29, 0.717) is 37.1 Å². The molecule has 2 N–H and O–H groups in total. The minimum Gasteiger partial charge on any atom is -0.386 e. The van der Waals surface area contributed by atoms with Crippen LogP contribution in [-0.2, 0) is 9.84 Å². The first-order chi connectivity index (χ1) is 18.8. The molecular formula is C29H37FN6O3S. The van der Waals surface area contributed by atoms with Gasteiger partial charge in [-0.25, -0.2) is 22.8 Å². The number of fused-ring (bicyclic) bond motifs is 1. The van der Waals surface area contributed by atoms with E-state index in [1.807, 2.05) is 12.3 Å². The molecule has 1 saturated heterocycles. The fraction of sp³-hybridized carbons (Fsp3) is 0.483. The molecule has 1 fully saturated rings. The fourth-order valence-electron chi connectivity index (χ4n) is 5.61. The number of aliphatic hydroxyl groups is 1. The van der Waals surface area contributed by atoms with Gasteiger partial charge < -0.3 is 20.2 Å². The highest BCUT2D eigenvalue weighted by atomic mass is 32.2. The molecule has 0 unspecified atom stereocenters. The maximum Gasteiger partial charge on any atom is 0.227 e. The molecule has 0 saturated carbocycles. The second kappa shape index (κ2) is 10.6. The molecule has 0 spiro atoms. The highest BCUT2D eigenvalue weighted by molar-refractivity contribution is 7.90. The molecule has 0 radical (unpaired) electrons. The van der Waals surface area contributed by atoms with Crippen molar-refractivity contribution in [1.82, 2.24) is 15.0 Å². The molecule has 1 aromatic carbocycles. The van der Waals surface area contributed by atoms with E-state index in [9.17, 15) is 17.9 Å². The molecule has 3 atom stereocenters. The maximum atomic E-state index is 14.4. The number of rotatable bonds is 7. The molecule has 214 valence electrons. The third-order valence-corrected chi connectivity index (χ3v) is 8.88. The van der Waals surface area contributed by atoms with E-state index in [1.165, 1.54) is 17.9 Å². The van der Waals surface area contributed by atoms with Crippen molar-refractivity contribution in [2.24, 2.45) is 5.92 Å². The predicted molar refractivity (Wildman–Crippen MR) is 158 cm³/mol. The Morgan fingerprint density at radius 3 is 2.67 bits per heavy atom. The Kier molecular flexibility index (Phi) is 7.47. The van der Waals surface area contributed by atoms with E-state index in [0.717, 1.165) is 16.5 Å². The van der Waals surface area contributed by atoms with Gasteiger partial charge in [-0.05, 0) is 61.4 Å². The molecule has 3 aromatic rings. The summed E-state index contributed by atoms with van der Waals surface area (Å²) in [5.74, 6) is 1.68. The molecule has 2 aromatic heterocycles. The lowest BCUT2D eigenvalue weighted by Gasteiger charge is -2.48. The van der Waals surface area contributed by atoms with Gasteiger partial charge in [0.15, 0.2) is 0 Å². The van der Waals surface area contributed by atoms with Crippen LogP contribution in [0.2, 0.25) is 0 Å². The minimum absolute atomic E-state index is 0.00564. The molecule has 2 aliphatic heterocycles. The average Bonchev–Trinajstić information content (AvgIpc) is 3.01. The second-order valence-corrected chi connectivity index (χ2v) is 13.9. The number of nitrogens with zero attached hydrogens (tertiary/aromatic N) is 5. The summed E-state index contributed by atoms with van der Waals surface area (Å²) in [6.45, 7) is 9.07. The fourth-order valence-corrected chi connectivity index (χ4v) is 6.77. The van der Waals surface area contributed by atoms with Gasteiger partial charge in [0.05, 0.1) is 17.9 Å². The van der Waals surface area contributed by atoms with E-state index < -0.39 is 21.3 Å². The van der Waals surface area contributed by atoms with E-state index in [1.54, 1.807) is 24.1 Å². The van der Waals surface area contributed by atoms with Gasteiger partial charge in [-0.3, -0.25) is 0 Å². The molecule has 4 heterocycles. The third kappa shape index (κ3) is 6.05. The summed E-state index contributed by atoms with van der Waals surface area (Å²) in [6, 6.07) is 8.12. The Morgan fingerprint density at radius 1 is 1.20 bits per heavy atom. The van der Waals surface area contributed by atoms with Crippen molar-refractivity contribution in [3.8, 4) is 0 Å². The number of hydrogen-bond donors (Lipinski definition) is 2. The highest BCUT2D eigenvalue weighted by Gasteiger charge is 2.38. The van der Waals surface area contributed by atoms with Gasteiger partial charge in [-0.2, -0.15) is 4.98 Å². The van der Waals surface area contributed by atoms with Crippen LogP contribution in [0.1, 0.15) is 45.6 Å². The molecular weight excluding hydrogens is 531 g/mol. The normalized spacial score (nSPS) is 23.6. The summed E-state index contributed by atoms with van der Waals surface area (Å²) in [5, 5.41) is 15.7. The Hall–Kier alpha value is -3.31. The van der Waals surface area contributed by atoms with Crippen molar-refractivity contribution in [3.63, 3.8) is 0 Å². The Bertz CT molecular complexity index is 1560. The van der Waals surface area contributed by atoms with Crippen LogP contribution in [0.15, 0.2) is 48.6 Å². The molecule has 5 rings (SSSR count). The molecule has 40 heavy (non-hydrogen) atoms. The van der Waals surface area contributed by atoms with Crippen LogP contribution in [0.4, 0.5) is 27.7 Å². The van der Waals surface area contributed by atoms with Crippen LogP contribution >= 0.6 is 0 Å². The van der Waals surface area contributed by atoms with Gasteiger partial charge in [0.2, 0.25) is 5.95 Å². The first-order valence-corrected chi connectivity index (χ1v) is 15.7. The first-order valence-electron chi connectivity index (χ1n) is 13.6. The lowest BCUT2D eigenvalue weighted by Crippen LogP contribution is -2.57. The maximum absolute atomic E-state index is 14.4. The number of hydrogen-bond acceptors (Lipinski definition) is 9. The number of benzene rings is 1. The van der Waals surface area contributed by atoms with Gasteiger partial charge in [0, 0.05) is 54.8 Å². The van der Waals surface area contributed by atoms with Gasteiger partial charge in [0.1, 0.15) is 27.3 Å². The lowest BCUT2D eigenvalue weighted by atomic mass is 9.88. The van der Waals surface area contributed by atoms with Crippen LogP contribution < -0.4 is 15.1 Å².